The molecule has 0 N–H and O–H groups in total. The lowest BCUT2D eigenvalue weighted by Crippen LogP contribution is -2.41. The average molecular weight is 419 g/mol. The number of hydrogen-bond donors (Lipinski definition) is 0. The third-order valence-electron chi connectivity index (χ3n) is 6.40. The number of carbonyl (C=O) groups is 2. The molecule has 158 valence electrons. The second-order valence-corrected chi connectivity index (χ2v) is 8.41. The van der Waals surface area contributed by atoms with Crippen molar-refractivity contribution >= 4 is 23.2 Å². The molecule has 0 spiro atoms. The van der Waals surface area contributed by atoms with Crippen LogP contribution in [-0.4, -0.2) is 27.7 Å². The topological polar surface area (TPSA) is 103 Å². The highest BCUT2D eigenvalue weighted by atomic mass is 16.6. The zero-order valence-corrected chi connectivity index (χ0v) is 16.9. The summed E-state index contributed by atoms with van der Waals surface area (Å²) in [4.78, 5) is 43.7. The fraction of sp³-hybridized carbons (Fsp3) is 0.348. The lowest BCUT2D eigenvalue weighted by atomic mass is 9.74. The summed E-state index contributed by atoms with van der Waals surface area (Å²) >= 11 is 0. The highest BCUT2D eigenvalue weighted by molar-refractivity contribution is 6.17. The van der Waals surface area contributed by atoms with E-state index < -0.39 is 16.9 Å². The van der Waals surface area contributed by atoms with Gasteiger partial charge < -0.3 is 4.74 Å². The van der Waals surface area contributed by atoms with Gasteiger partial charge in [-0.2, -0.15) is 0 Å². The molecule has 1 amide bonds. The Bertz CT molecular complexity index is 1110. The van der Waals surface area contributed by atoms with Crippen LogP contribution in [0, 0.1) is 22.0 Å². The van der Waals surface area contributed by atoms with Crippen LogP contribution in [0.1, 0.15) is 37.8 Å². The molecule has 0 saturated heterocycles. The number of amides is 1. The van der Waals surface area contributed by atoms with Gasteiger partial charge in [-0.15, -0.1) is 0 Å². The molecular formula is C23H21N3O5. The molecule has 1 aliphatic carbocycles. The molecule has 2 aromatic rings. The number of pyridine rings is 1. The smallest absolute Gasteiger partial charge is 0.295 e. The first kappa shape index (κ1) is 19.4. The van der Waals surface area contributed by atoms with Gasteiger partial charge in [0.15, 0.2) is 11.5 Å². The van der Waals surface area contributed by atoms with Crippen LogP contribution in [0.2, 0.25) is 0 Å². The van der Waals surface area contributed by atoms with Crippen LogP contribution in [0.4, 0.5) is 11.5 Å². The van der Waals surface area contributed by atoms with E-state index >= 15 is 0 Å². The number of ether oxygens (including phenoxy) is 1. The number of anilines is 1. The van der Waals surface area contributed by atoms with E-state index in [4.69, 9.17) is 4.74 Å². The number of nitro groups is 1. The Balaban J connectivity index is 1.66. The fourth-order valence-electron chi connectivity index (χ4n) is 4.93. The monoisotopic (exact) mass is 419 g/mol. The number of rotatable bonds is 3. The third kappa shape index (κ3) is 3.10. The SMILES string of the molecule is CC1CCC2OC3=C(C(=O)C2C1)C(c1cccc([N+](=O)[O-])c1)N(c1ccccn1)C3=O. The molecule has 0 bridgehead atoms. The molecular weight excluding hydrogens is 398 g/mol. The van der Waals surface area contributed by atoms with E-state index in [1.807, 2.05) is 0 Å². The molecule has 1 aromatic carbocycles. The Morgan fingerprint density at radius 3 is 2.74 bits per heavy atom. The Labute approximate surface area is 178 Å². The summed E-state index contributed by atoms with van der Waals surface area (Å²) < 4.78 is 6.13. The van der Waals surface area contributed by atoms with Crippen LogP contribution >= 0.6 is 0 Å². The Kier molecular flexibility index (Phi) is 4.57. The largest absolute Gasteiger partial charge is 0.483 e. The van der Waals surface area contributed by atoms with Crippen molar-refractivity contribution in [3.8, 4) is 0 Å². The molecule has 3 heterocycles. The number of hydrogen-bond acceptors (Lipinski definition) is 6. The van der Waals surface area contributed by atoms with Crippen molar-refractivity contribution in [1.82, 2.24) is 4.98 Å². The first-order chi connectivity index (χ1) is 15.0. The average Bonchev–Trinajstić information content (AvgIpc) is 3.07. The summed E-state index contributed by atoms with van der Waals surface area (Å²) in [5.41, 5.74) is 0.664. The summed E-state index contributed by atoms with van der Waals surface area (Å²) in [6, 6.07) is 10.4. The standard InChI is InChI=1S/C23H21N3O5/c1-13-8-9-17-16(11-13)21(27)19-20(14-5-4-6-15(12-14)26(29)30)25(23(28)22(19)31-17)18-7-2-3-10-24-18/h2-7,10,12-13,16-17,20H,8-9,11H2,1H3. The van der Waals surface area contributed by atoms with Crippen LogP contribution in [0.5, 0.6) is 0 Å². The predicted molar refractivity (Wildman–Crippen MR) is 111 cm³/mol. The predicted octanol–water partition coefficient (Wildman–Crippen LogP) is 3.74. The van der Waals surface area contributed by atoms with E-state index in [0.29, 0.717) is 23.7 Å². The number of fused-ring (bicyclic) bond motifs is 1. The van der Waals surface area contributed by atoms with Gasteiger partial charge in [0, 0.05) is 18.3 Å². The van der Waals surface area contributed by atoms with Gasteiger partial charge in [-0.3, -0.25) is 24.6 Å². The molecule has 4 atom stereocenters. The van der Waals surface area contributed by atoms with Crippen LogP contribution in [0.25, 0.3) is 0 Å². The van der Waals surface area contributed by atoms with Crippen molar-refractivity contribution in [2.24, 2.45) is 11.8 Å². The second-order valence-electron chi connectivity index (χ2n) is 8.41. The molecule has 1 fully saturated rings. The Morgan fingerprint density at radius 2 is 2.00 bits per heavy atom. The van der Waals surface area contributed by atoms with Crippen LogP contribution < -0.4 is 4.90 Å². The van der Waals surface area contributed by atoms with Gasteiger partial charge in [-0.25, -0.2) is 4.98 Å². The highest BCUT2D eigenvalue weighted by Gasteiger charge is 2.53. The summed E-state index contributed by atoms with van der Waals surface area (Å²) in [5.74, 6) is -0.0118. The normalized spacial score (nSPS) is 27.6. The van der Waals surface area contributed by atoms with Crippen LogP contribution in [0.15, 0.2) is 60.0 Å². The number of non-ortho nitro benzene ring substituents is 1. The van der Waals surface area contributed by atoms with Crippen molar-refractivity contribution in [3.05, 3.63) is 75.7 Å². The van der Waals surface area contributed by atoms with Gasteiger partial charge in [-0.1, -0.05) is 25.1 Å². The lowest BCUT2D eigenvalue weighted by molar-refractivity contribution is -0.384. The molecule has 0 radical (unpaired) electrons. The van der Waals surface area contributed by atoms with Gasteiger partial charge >= 0.3 is 0 Å². The highest BCUT2D eigenvalue weighted by Crippen LogP contribution is 2.48. The van der Waals surface area contributed by atoms with Crippen molar-refractivity contribution in [3.63, 3.8) is 0 Å². The third-order valence-corrected chi connectivity index (χ3v) is 6.40. The number of carbonyl (C=O) groups excluding carboxylic acids is 2. The zero-order chi connectivity index (χ0) is 21.7. The number of nitro benzene ring substituents is 1. The van der Waals surface area contributed by atoms with Crippen LogP contribution in [-0.2, 0) is 14.3 Å². The second kappa shape index (κ2) is 7.30. The molecule has 8 nitrogen and oxygen atoms in total. The summed E-state index contributed by atoms with van der Waals surface area (Å²) in [5, 5.41) is 11.4. The molecule has 4 unspecified atom stereocenters. The van der Waals surface area contributed by atoms with Crippen molar-refractivity contribution < 1.29 is 19.2 Å². The van der Waals surface area contributed by atoms with Gasteiger partial charge in [0.25, 0.3) is 11.6 Å². The lowest BCUT2D eigenvalue weighted by Gasteiger charge is -2.37. The molecule has 8 heteroatoms. The van der Waals surface area contributed by atoms with E-state index in [1.54, 1.807) is 36.5 Å². The first-order valence-electron chi connectivity index (χ1n) is 10.4. The molecule has 31 heavy (non-hydrogen) atoms. The number of Topliss-reactive ketones (excluding diaryl/α,β-unsaturated/α-hetero) is 1. The maximum Gasteiger partial charge on any atom is 0.295 e. The quantitative estimate of drug-likeness (QED) is 0.555. The van der Waals surface area contributed by atoms with Gasteiger partial charge in [0.05, 0.1) is 22.5 Å². The Morgan fingerprint density at radius 1 is 1.16 bits per heavy atom. The summed E-state index contributed by atoms with van der Waals surface area (Å²) in [7, 11) is 0. The number of benzene rings is 1. The first-order valence-corrected chi connectivity index (χ1v) is 10.4. The number of aromatic nitrogens is 1. The van der Waals surface area contributed by atoms with Crippen LogP contribution in [0.3, 0.4) is 0 Å². The van der Waals surface area contributed by atoms with Crippen molar-refractivity contribution in [2.75, 3.05) is 4.90 Å². The molecule has 5 rings (SSSR count). The van der Waals surface area contributed by atoms with E-state index in [0.717, 1.165) is 12.8 Å². The minimum absolute atomic E-state index is 0.0583. The molecule has 1 aromatic heterocycles. The Hall–Kier alpha value is -3.55. The summed E-state index contributed by atoms with van der Waals surface area (Å²) in [6.07, 6.45) is 3.64. The minimum Gasteiger partial charge on any atom is -0.483 e. The number of nitrogens with zero attached hydrogens (tertiary/aromatic N) is 3. The zero-order valence-electron chi connectivity index (χ0n) is 16.9. The van der Waals surface area contributed by atoms with E-state index in [9.17, 15) is 19.7 Å². The fourth-order valence-corrected chi connectivity index (χ4v) is 4.93. The maximum absolute atomic E-state index is 13.6. The number of ketones is 1. The van der Waals surface area contributed by atoms with Gasteiger partial charge in [-0.05, 0) is 42.9 Å². The van der Waals surface area contributed by atoms with E-state index in [-0.39, 0.29) is 34.8 Å². The van der Waals surface area contributed by atoms with E-state index in [2.05, 4.69) is 11.9 Å². The molecule has 2 aliphatic heterocycles. The van der Waals surface area contributed by atoms with Gasteiger partial charge in [0.1, 0.15) is 11.9 Å². The van der Waals surface area contributed by atoms with Crippen molar-refractivity contribution in [2.45, 2.75) is 38.3 Å². The van der Waals surface area contributed by atoms with Crippen molar-refractivity contribution in [1.29, 1.82) is 0 Å². The van der Waals surface area contributed by atoms with E-state index in [1.165, 1.54) is 17.0 Å². The summed E-state index contributed by atoms with van der Waals surface area (Å²) in [6.45, 7) is 2.12. The molecule has 3 aliphatic rings. The minimum atomic E-state index is -0.817. The van der Waals surface area contributed by atoms with Gasteiger partial charge in [0.2, 0.25) is 0 Å². The molecule has 1 saturated carbocycles. The maximum atomic E-state index is 13.6.